The fourth-order valence-corrected chi connectivity index (χ4v) is 4.48. The highest BCUT2D eigenvalue weighted by Gasteiger charge is 2.50. The number of aryl methyl sites for hydroxylation is 1. The van der Waals surface area contributed by atoms with Gasteiger partial charge in [-0.3, -0.25) is 14.3 Å². The van der Waals surface area contributed by atoms with Gasteiger partial charge in [-0.25, -0.2) is 4.79 Å². The Hall–Kier alpha value is -2.38. The average Bonchev–Trinajstić information content (AvgIpc) is 3.25. The van der Waals surface area contributed by atoms with E-state index in [0.717, 1.165) is 25.7 Å². The second-order valence-corrected chi connectivity index (χ2v) is 8.20. The Bertz CT molecular complexity index is 720. The van der Waals surface area contributed by atoms with Crippen molar-refractivity contribution >= 4 is 17.8 Å². The molecule has 1 aromatic rings. The lowest BCUT2D eigenvalue weighted by atomic mass is 9.76. The van der Waals surface area contributed by atoms with Gasteiger partial charge in [0.15, 0.2) is 0 Å². The lowest BCUT2D eigenvalue weighted by molar-refractivity contribution is -0.148. The van der Waals surface area contributed by atoms with Gasteiger partial charge in [-0.1, -0.05) is 0 Å². The summed E-state index contributed by atoms with van der Waals surface area (Å²) in [5.41, 5.74) is -0.176. The summed E-state index contributed by atoms with van der Waals surface area (Å²) in [5, 5.41) is 13.7. The lowest BCUT2D eigenvalue weighted by Gasteiger charge is -2.39. The molecule has 1 aliphatic carbocycles. The molecule has 2 amide bonds. The monoisotopic (exact) mass is 374 g/mol. The van der Waals surface area contributed by atoms with Crippen molar-refractivity contribution < 1.29 is 19.5 Å². The van der Waals surface area contributed by atoms with E-state index in [9.17, 15) is 19.5 Å². The molecular weight excluding hydrogens is 348 g/mol. The number of carbonyl (C=O) groups excluding carboxylic acids is 2. The number of carbonyl (C=O) groups is 3. The molecule has 0 aromatic carbocycles. The molecule has 2 aliphatic heterocycles. The van der Waals surface area contributed by atoms with E-state index in [2.05, 4.69) is 5.10 Å². The van der Waals surface area contributed by atoms with Gasteiger partial charge in [-0.05, 0) is 43.6 Å². The summed E-state index contributed by atoms with van der Waals surface area (Å²) >= 11 is 0. The van der Waals surface area contributed by atoms with Gasteiger partial charge in [0.1, 0.15) is 6.04 Å². The third-order valence-electron chi connectivity index (χ3n) is 6.29. The van der Waals surface area contributed by atoms with E-state index in [0.29, 0.717) is 32.6 Å². The Kier molecular flexibility index (Phi) is 4.65. The summed E-state index contributed by atoms with van der Waals surface area (Å²) in [6, 6.07) is 1.03. The van der Waals surface area contributed by atoms with Crippen LogP contribution in [0.2, 0.25) is 0 Å². The molecule has 1 N–H and O–H groups in total. The van der Waals surface area contributed by atoms with Crippen molar-refractivity contribution in [2.24, 2.45) is 11.3 Å². The van der Waals surface area contributed by atoms with Crippen LogP contribution in [0.4, 0.5) is 0 Å². The standard InChI is InChI=1S/C19H26N4O4/c24-16(4-9-22-8-1-7-20-22)23-13-19(12-15(23)18(26)27)5-10-21(11-6-19)17(25)14-2-3-14/h1,7-8,14-15H,2-6,9-13H2,(H,26,27). The maximum Gasteiger partial charge on any atom is 0.326 e. The quantitative estimate of drug-likeness (QED) is 0.829. The van der Waals surface area contributed by atoms with Crippen LogP contribution in [-0.4, -0.2) is 68.1 Å². The first-order valence-corrected chi connectivity index (χ1v) is 9.76. The fraction of sp³-hybridized carbons (Fsp3) is 0.684. The van der Waals surface area contributed by atoms with Crippen LogP contribution in [0.5, 0.6) is 0 Å². The maximum absolute atomic E-state index is 12.7. The van der Waals surface area contributed by atoms with Crippen molar-refractivity contribution in [3.63, 3.8) is 0 Å². The zero-order chi connectivity index (χ0) is 19.0. The predicted octanol–water partition coefficient (Wildman–Crippen LogP) is 0.977. The number of piperidine rings is 1. The zero-order valence-corrected chi connectivity index (χ0v) is 15.4. The molecule has 0 radical (unpaired) electrons. The van der Waals surface area contributed by atoms with E-state index in [1.54, 1.807) is 28.0 Å². The van der Waals surface area contributed by atoms with Gasteiger partial charge in [0, 0.05) is 50.9 Å². The first kappa shape index (κ1) is 18.0. The third kappa shape index (κ3) is 3.70. The van der Waals surface area contributed by atoms with Crippen molar-refractivity contribution in [3.05, 3.63) is 18.5 Å². The van der Waals surface area contributed by atoms with Gasteiger partial charge in [0.2, 0.25) is 11.8 Å². The molecule has 2 saturated heterocycles. The van der Waals surface area contributed by atoms with E-state index in [4.69, 9.17) is 0 Å². The minimum absolute atomic E-state index is 0.133. The van der Waals surface area contributed by atoms with Gasteiger partial charge in [0.25, 0.3) is 0 Å². The number of aromatic nitrogens is 2. The number of aliphatic carboxylic acids is 1. The van der Waals surface area contributed by atoms with Gasteiger partial charge in [0.05, 0.1) is 0 Å². The molecule has 3 aliphatic rings. The molecule has 8 nitrogen and oxygen atoms in total. The smallest absolute Gasteiger partial charge is 0.326 e. The average molecular weight is 374 g/mol. The molecule has 27 heavy (non-hydrogen) atoms. The summed E-state index contributed by atoms with van der Waals surface area (Å²) in [7, 11) is 0. The lowest BCUT2D eigenvalue weighted by Crippen LogP contribution is -2.45. The zero-order valence-electron chi connectivity index (χ0n) is 15.4. The first-order chi connectivity index (χ1) is 13.0. The SMILES string of the molecule is O=C(O)C1CC2(CCN(C(=O)C3CC3)CC2)CN1C(=O)CCn1cccn1. The molecule has 1 unspecified atom stereocenters. The highest BCUT2D eigenvalue weighted by Crippen LogP contribution is 2.44. The fourth-order valence-electron chi connectivity index (χ4n) is 4.48. The van der Waals surface area contributed by atoms with E-state index in [1.165, 1.54) is 0 Å². The summed E-state index contributed by atoms with van der Waals surface area (Å²) in [6.45, 7) is 2.28. The van der Waals surface area contributed by atoms with Crippen molar-refractivity contribution in [3.8, 4) is 0 Å². The number of carboxylic acids is 1. The maximum atomic E-state index is 12.7. The van der Waals surface area contributed by atoms with Crippen LogP contribution in [0.3, 0.4) is 0 Å². The van der Waals surface area contributed by atoms with Crippen LogP contribution in [-0.2, 0) is 20.9 Å². The Labute approximate surface area is 158 Å². The van der Waals surface area contributed by atoms with Crippen LogP contribution in [0, 0.1) is 11.3 Å². The number of amides is 2. The van der Waals surface area contributed by atoms with E-state index in [-0.39, 0.29) is 29.6 Å². The summed E-state index contributed by atoms with van der Waals surface area (Å²) in [6.07, 6.45) is 7.73. The third-order valence-corrected chi connectivity index (χ3v) is 6.29. The number of carboxylic acid groups (broad SMARTS) is 1. The number of likely N-dealkylation sites (tertiary alicyclic amines) is 2. The molecule has 146 valence electrons. The number of hydrogen-bond donors (Lipinski definition) is 1. The van der Waals surface area contributed by atoms with Crippen molar-refractivity contribution in [1.29, 1.82) is 0 Å². The van der Waals surface area contributed by atoms with Crippen molar-refractivity contribution in [2.75, 3.05) is 19.6 Å². The highest BCUT2D eigenvalue weighted by molar-refractivity contribution is 5.84. The van der Waals surface area contributed by atoms with Crippen LogP contribution in [0.25, 0.3) is 0 Å². The largest absolute Gasteiger partial charge is 0.480 e. The van der Waals surface area contributed by atoms with Crippen LogP contribution in [0.1, 0.15) is 38.5 Å². The molecule has 0 bridgehead atoms. The van der Waals surface area contributed by atoms with Crippen LogP contribution < -0.4 is 0 Å². The number of rotatable bonds is 5. The Morgan fingerprint density at radius 1 is 1.19 bits per heavy atom. The van der Waals surface area contributed by atoms with Gasteiger partial charge >= 0.3 is 5.97 Å². The Morgan fingerprint density at radius 3 is 2.52 bits per heavy atom. The van der Waals surface area contributed by atoms with Gasteiger partial charge < -0.3 is 14.9 Å². The molecule has 1 saturated carbocycles. The minimum Gasteiger partial charge on any atom is -0.480 e. The topological polar surface area (TPSA) is 95.7 Å². The molecule has 1 spiro atoms. The molecule has 8 heteroatoms. The molecule has 1 atom stereocenters. The molecule has 3 heterocycles. The summed E-state index contributed by atoms with van der Waals surface area (Å²) in [4.78, 5) is 40.2. The summed E-state index contributed by atoms with van der Waals surface area (Å²) < 4.78 is 1.68. The first-order valence-electron chi connectivity index (χ1n) is 9.76. The second-order valence-electron chi connectivity index (χ2n) is 8.20. The minimum atomic E-state index is -0.934. The number of nitrogens with zero attached hydrogens (tertiary/aromatic N) is 4. The van der Waals surface area contributed by atoms with Gasteiger partial charge in [-0.2, -0.15) is 5.10 Å². The molecule has 1 aromatic heterocycles. The Morgan fingerprint density at radius 2 is 1.93 bits per heavy atom. The second kappa shape index (κ2) is 6.98. The summed E-state index contributed by atoms with van der Waals surface area (Å²) in [5.74, 6) is -0.596. The van der Waals surface area contributed by atoms with Crippen molar-refractivity contribution in [2.45, 2.75) is 51.1 Å². The van der Waals surface area contributed by atoms with E-state index in [1.807, 2.05) is 4.90 Å². The predicted molar refractivity (Wildman–Crippen MR) is 95.6 cm³/mol. The number of hydrogen-bond acceptors (Lipinski definition) is 4. The highest BCUT2D eigenvalue weighted by atomic mass is 16.4. The van der Waals surface area contributed by atoms with Crippen molar-refractivity contribution in [1.82, 2.24) is 19.6 Å². The van der Waals surface area contributed by atoms with E-state index >= 15 is 0 Å². The molecular formula is C19H26N4O4. The van der Waals surface area contributed by atoms with Gasteiger partial charge in [-0.15, -0.1) is 0 Å². The molecule has 4 rings (SSSR count). The van der Waals surface area contributed by atoms with E-state index < -0.39 is 12.0 Å². The Balaban J connectivity index is 1.38. The normalized spacial score (nSPS) is 24.4. The molecule has 3 fully saturated rings. The van der Waals surface area contributed by atoms with Crippen LogP contribution in [0.15, 0.2) is 18.5 Å². The van der Waals surface area contributed by atoms with Crippen LogP contribution >= 0.6 is 0 Å².